The molecule has 2 heterocycles. The van der Waals surface area contributed by atoms with Gasteiger partial charge in [-0.3, -0.25) is 0 Å². The fraction of sp³-hybridized carbons (Fsp3) is 0.412. The van der Waals surface area contributed by atoms with Crippen LogP contribution in [-0.2, 0) is 11.2 Å². The molecule has 5 atom stereocenters. The minimum Gasteiger partial charge on any atom is -0.461 e. The van der Waals surface area contributed by atoms with Gasteiger partial charge in [0.15, 0.2) is 0 Å². The van der Waals surface area contributed by atoms with E-state index in [2.05, 4.69) is 0 Å². The summed E-state index contributed by atoms with van der Waals surface area (Å²) in [4.78, 5) is 0.837. The van der Waals surface area contributed by atoms with E-state index in [1.54, 1.807) is 23.6 Å². The lowest BCUT2D eigenvalue weighted by molar-refractivity contribution is -0.277. The minimum absolute atomic E-state index is 0.312. The van der Waals surface area contributed by atoms with Gasteiger partial charge < -0.3 is 29.9 Å². The molecule has 136 valence electrons. The third-order valence-electron chi connectivity index (χ3n) is 4.07. The molecule has 1 aromatic carbocycles. The van der Waals surface area contributed by atoms with Crippen molar-refractivity contribution < 1.29 is 34.3 Å². The van der Waals surface area contributed by atoms with Gasteiger partial charge in [0.25, 0.3) is 0 Å². The number of aliphatic hydroxyl groups is 4. The zero-order valence-electron chi connectivity index (χ0n) is 13.2. The maximum absolute atomic E-state index is 13.0. The molecular formula is C17H19FO6S. The van der Waals surface area contributed by atoms with Crippen LogP contribution in [0.3, 0.4) is 0 Å². The van der Waals surface area contributed by atoms with Crippen LogP contribution in [0.1, 0.15) is 10.4 Å². The molecule has 2 aromatic rings. The topological polar surface area (TPSA) is 99.4 Å². The van der Waals surface area contributed by atoms with Crippen LogP contribution in [0.4, 0.5) is 4.39 Å². The average molecular weight is 370 g/mol. The highest BCUT2D eigenvalue weighted by molar-refractivity contribution is 7.10. The molecule has 0 amide bonds. The Morgan fingerprint density at radius 3 is 2.44 bits per heavy atom. The standard InChI is InChI=1S/C17H19FO6S/c18-10-3-1-9(2-4-10)7-13-11(5-6-25-13)23-17-16(22)15(21)14(20)12(8-19)24-17/h1-6,12,14-17,19-22H,7-8H2. The van der Waals surface area contributed by atoms with Crippen LogP contribution in [0.5, 0.6) is 5.75 Å². The second-order valence-corrected chi connectivity index (χ2v) is 6.83. The van der Waals surface area contributed by atoms with Crippen molar-refractivity contribution in [2.45, 2.75) is 37.1 Å². The van der Waals surface area contributed by atoms with Gasteiger partial charge in [-0.05, 0) is 29.1 Å². The number of thiophene rings is 1. The van der Waals surface area contributed by atoms with Gasteiger partial charge in [0.05, 0.1) is 11.5 Å². The Morgan fingerprint density at radius 2 is 1.76 bits per heavy atom. The van der Waals surface area contributed by atoms with E-state index < -0.39 is 37.3 Å². The lowest BCUT2D eigenvalue weighted by atomic mass is 9.99. The zero-order valence-corrected chi connectivity index (χ0v) is 14.0. The number of benzene rings is 1. The Balaban J connectivity index is 1.73. The number of hydrogen-bond acceptors (Lipinski definition) is 7. The van der Waals surface area contributed by atoms with Crippen LogP contribution in [0.2, 0.25) is 0 Å². The second kappa shape index (κ2) is 7.77. The maximum atomic E-state index is 13.0. The summed E-state index contributed by atoms with van der Waals surface area (Å²) in [6.45, 7) is -0.517. The van der Waals surface area contributed by atoms with E-state index in [-0.39, 0.29) is 5.82 Å². The van der Waals surface area contributed by atoms with Crippen LogP contribution in [0.25, 0.3) is 0 Å². The van der Waals surface area contributed by atoms with Crippen LogP contribution < -0.4 is 4.74 Å². The van der Waals surface area contributed by atoms with Crippen LogP contribution in [-0.4, -0.2) is 57.7 Å². The largest absolute Gasteiger partial charge is 0.461 e. The van der Waals surface area contributed by atoms with E-state index in [4.69, 9.17) is 9.47 Å². The normalized spacial score (nSPS) is 29.6. The van der Waals surface area contributed by atoms with Gasteiger partial charge in [0.1, 0.15) is 36.0 Å². The van der Waals surface area contributed by atoms with E-state index >= 15 is 0 Å². The highest BCUT2D eigenvalue weighted by Crippen LogP contribution is 2.31. The molecule has 1 aromatic heterocycles. The molecule has 0 bridgehead atoms. The third-order valence-corrected chi connectivity index (χ3v) is 4.98. The molecule has 0 spiro atoms. The Bertz CT molecular complexity index is 689. The molecule has 25 heavy (non-hydrogen) atoms. The van der Waals surface area contributed by atoms with Crippen LogP contribution >= 0.6 is 11.3 Å². The molecule has 1 aliphatic heterocycles. The molecule has 5 unspecified atom stereocenters. The summed E-state index contributed by atoms with van der Waals surface area (Å²) >= 11 is 1.43. The summed E-state index contributed by atoms with van der Waals surface area (Å²) in [7, 11) is 0. The van der Waals surface area contributed by atoms with Gasteiger partial charge in [-0.25, -0.2) is 4.39 Å². The molecule has 0 saturated carbocycles. The Hall–Kier alpha value is -1.55. The highest BCUT2D eigenvalue weighted by Gasteiger charge is 2.44. The Kier molecular flexibility index (Phi) is 5.67. The van der Waals surface area contributed by atoms with E-state index in [0.29, 0.717) is 12.2 Å². The first-order valence-corrected chi connectivity index (χ1v) is 8.65. The van der Waals surface area contributed by atoms with Crippen molar-refractivity contribution in [1.29, 1.82) is 0 Å². The van der Waals surface area contributed by atoms with E-state index in [1.165, 1.54) is 23.5 Å². The van der Waals surface area contributed by atoms with Crippen molar-refractivity contribution >= 4 is 11.3 Å². The van der Waals surface area contributed by atoms with Crippen molar-refractivity contribution in [1.82, 2.24) is 0 Å². The monoisotopic (exact) mass is 370 g/mol. The molecule has 1 saturated heterocycles. The molecule has 4 N–H and O–H groups in total. The van der Waals surface area contributed by atoms with Crippen molar-refractivity contribution in [2.75, 3.05) is 6.61 Å². The van der Waals surface area contributed by atoms with Gasteiger partial charge >= 0.3 is 0 Å². The lowest BCUT2D eigenvalue weighted by Crippen LogP contribution is -2.60. The predicted molar refractivity (Wildman–Crippen MR) is 87.9 cm³/mol. The first-order chi connectivity index (χ1) is 12.0. The van der Waals surface area contributed by atoms with Crippen LogP contribution in [0.15, 0.2) is 35.7 Å². The summed E-state index contributed by atoms with van der Waals surface area (Å²) in [5.41, 5.74) is 0.891. The Labute approximate surface area is 147 Å². The Morgan fingerprint density at radius 1 is 1.04 bits per heavy atom. The van der Waals surface area contributed by atoms with Gasteiger partial charge in [-0.2, -0.15) is 0 Å². The SMILES string of the molecule is OCC1OC(Oc2ccsc2Cc2ccc(F)cc2)C(O)C(O)C1O. The van der Waals surface area contributed by atoms with Gasteiger partial charge in [-0.15, -0.1) is 11.3 Å². The second-order valence-electron chi connectivity index (χ2n) is 5.83. The summed E-state index contributed by atoms with van der Waals surface area (Å²) in [6.07, 6.45) is -6.13. The van der Waals surface area contributed by atoms with Gasteiger partial charge in [0.2, 0.25) is 6.29 Å². The first-order valence-electron chi connectivity index (χ1n) is 7.77. The van der Waals surface area contributed by atoms with Crippen molar-refractivity contribution in [3.05, 3.63) is 52.0 Å². The molecule has 1 aliphatic rings. The molecule has 6 nitrogen and oxygen atoms in total. The van der Waals surface area contributed by atoms with E-state index in [1.807, 2.05) is 0 Å². The molecule has 1 fully saturated rings. The fourth-order valence-electron chi connectivity index (χ4n) is 2.64. The number of rotatable bonds is 5. The zero-order chi connectivity index (χ0) is 18.0. The van der Waals surface area contributed by atoms with Crippen molar-refractivity contribution in [3.8, 4) is 5.75 Å². The number of halogens is 1. The predicted octanol–water partition coefficient (Wildman–Crippen LogP) is 0.657. The molecule has 3 rings (SSSR count). The van der Waals surface area contributed by atoms with Crippen molar-refractivity contribution in [2.24, 2.45) is 0 Å². The van der Waals surface area contributed by atoms with Gasteiger partial charge in [-0.1, -0.05) is 12.1 Å². The van der Waals surface area contributed by atoms with Gasteiger partial charge in [0, 0.05) is 6.42 Å². The maximum Gasteiger partial charge on any atom is 0.229 e. The lowest BCUT2D eigenvalue weighted by Gasteiger charge is -2.39. The summed E-state index contributed by atoms with van der Waals surface area (Å²) in [5.74, 6) is 0.145. The first kappa shape index (κ1) is 18.2. The summed E-state index contributed by atoms with van der Waals surface area (Å²) < 4.78 is 24.0. The number of aliphatic hydroxyl groups excluding tert-OH is 4. The smallest absolute Gasteiger partial charge is 0.229 e. The summed E-state index contributed by atoms with van der Waals surface area (Å²) in [6, 6.07) is 7.80. The van der Waals surface area contributed by atoms with Crippen molar-refractivity contribution in [3.63, 3.8) is 0 Å². The van der Waals surface area contributed by atoms with E-state index in [9.17, 15) is 24.8 Å². The minimum atomic E-state index is -1.49. The fourth-order valence-corrected chi connectivity index (χ4v) is 3.48. The number of hydrogen-bond donors (Lipinski definition) is 4. The van der Waals surface area contributed by atoms with E-state index in [0.717, 1.165) is 10.4 Å². The number of ether oxygens (including phenoxy) is 2. The summed E-state index contributed by atoms with van der Waals surface area (Å²) in [5, 5.41) is 40.7. The molecule has 8 heteroatoms. The van der Waals surface area contributed by atoms with Crippen LogP contribution in [0, 0.1) is 5.82 Å². The molecular weight excluding hydrogens is 351 g/mol. The quantitative estimate of drug-likeness (QED) is 0.617. The molecule has 0 aliphatic carbocycles. The third kappa shape index (κ3) is 4.00. The average Bonchev–Trinajstić information content (AvgIpc) is 3.04. The highest BCUT2D eigenvalue weighted by atomic mass is 32.1. The molecule has 0 radical (unpaired) electrons.